The summed E-state index contributed by atoms with van der Waals surface area (Å²) in [7, 11) is 0. The van der Waals surface area contributed by atoms with Crippen molar-refractivity contribution in [3.8, 4) is 0 Å². The van der Waals surface area contributed by atoms with Gasteiger partial charge in [-0.25, -0.2) is 0 Å². The van der Waals surface area contributed by atoms with E-state index in [0.717, 1.165) is 0 Å². The zero-order chi connectivity index (χ0) is 16.7. The van der Waals surface area contributed by atoms with E-state index in [9.17, 15) is 14.4 Å². The molecule has 2 amide bonds. The van der Waals surface area contributed by atoms with Gasteiger partial charge in [0.1, 0.15) is 0 Å². The van der Waals surface area contributed by atoms with Crippen molar-refractivity contribution in [1.29, 1.82) is 0 Å². The molecule has 0 aliphatic carbocycles. The molecule has 118 valence electrons. The lowest BCUT2D eigenvalue weighted by Gasteiger charge is -2.07. The number of anilines is 1. The first-order valence-corrected chi connectivity index (χ1v) is 7.18. The standard InChI is InChI=1S/C17H22N2O3/c1-11(2)10-18-16(21)9-12(3)17(22)19-15-7-5-14(6-8-15)13(4)20/h5-9,11H,10H2,1-4H3,(H,18,21)(H,19,22)/b12-9-. The number of amides is 2. The van der Waals surface area contributed by atoms with Crippen molar-refractivity contribution in [2.45, 2.75) is 27.7 Å². The van der Waals surface area contributed by atoms with Crippen LogP contribution in [0.2, 0.25) is 0 Å². The maximum absolute atomic E-state index is 12.0. The molecule has 2 N–H and O–H groups in total. The smallest absolute Gasteiger partial charge is 0.251 e. The first-order chi connectivity index (χ1) is 10.3. The summed E-state index contributed by atoms with van der Waals surface area (Å²) < 4.78 is 0. The monoisotopic (exact) mass is 302 g/mol. The molecule has 5 heteroatoms. The second kappa shape index (κ2) is 8.12. The average molecular weight is 302 g/mol. The molecule has 0 heterocycles. The van der Waals surface area contributed by atoms with Crippen LogP contribution in [-0.4, -0.2) is 24.1 Å². The molecule has 0 aliphatic rings. The molecule has 0 fully saturated rings. The van der Waals surface area contributed by atoms with Crippen molar-refractivity contribution in [2.75, 3.05) is 11.9 Å². The second-order valence-corrected chi connectivity index (χ2v) is 5.55. The number of ketones is 1. The molecule has 0 atom stereocenters. The third-order valence-corrected chi connectivity index (χ3v) is 2.94. The van der Waals surface area contributed by atoms with E-state index in [-0.39, 0.29) is 17.6 Å². The molecule has 0 radical (unpaired) electrons. The van der Waals surface area contributed by atoms with Crippen LogP contribution in [0.5, 0.6) is 0 Å². The largest absolute Gasteiger partial charge is 0.352 e. The fraction of sp³-hybridized carbons (Fsp3) is 0.353. The highest BCUT2D eigenvalue weighted by Crippen LogP contribution is 2.11. The fourth-order valence-corrected chi connectivity index (χ4v) is 1.64. The number of nitrogens with one attached hydrogen (secondary N) is 2. The molecule has 0 unspecified atom stereocenters. The third-order valence-electron chi connectivity index (χ3n) is 2.94. The number of rotatable bonds is 6. The number of carbonyl (C=O) groups excluding carboxylic acids is 3. The minimum absolute atomic E-state index is 0.0317. The molecule has 0 aliphatic heterocycles. The van der Waals surface area contributed by atoms with Crippen molar-refractivity contribution in [3.05, 3.63) is 41.5 Å². The van der Waals surface area contributed by atoms with Gasteiger partial charge in [0.2, 0.25) is 5.91 Å². The van der Waals surface area contributed by atoms with E-state index in [1.54, 1.807) is 31.2 Å². The summed E-state index contributed by atoms with van der Waals surface area (Å²) in [5, 5.41) is 5.40. The SMILES string of the molecule is CC(=O)c1ccc(NC(=O)/C(C)=C\C(=O)NCC(C)C)cc1. The maximum Gasteiger partial charge on any atom is 0.251 e. The topological polar surface area (TPSA) is 75.3 Å². The Morgan fingerprint density at radius 1 is 1.09 bits per heavy atom. The summed E-state index contributed by atoms with van der Waals surface area (Å²) in [6, 6.07) is 6.60. The Kier molecular flexibility index (Phi) is 6.50. The number of carbonyl (C=O) groups is 3. The third kappa shape index (κ3) is 5.91. The van der Waals surface area contributed by atoms with Crippen LogP contribution < -0.4 is 10.6 Å². The minimum Gasteiger partial charge on any atom is -0.352 e. The summed E-state index contributed by atoms with van der Waals surface area (Å²) in [5.41, 5.74) is 1.47. The Morgan fingerprint density at radius 2 is 1.68 bits per heavy atom. The van der Waals surface area contributed by atoms with Gasteiger partial charge in [-0.15, -0.1) is 0 Å². The van der Waals surface area contributed by atoms with E-state index < -0.39 is 0 Å². The van der Waals surface area contributed by atoms with E-state index in [1.165, 1.54) is 13.0 Å². The number of hydrogen-bond acceptors (Lipinski definition) is 3. The van der Waals surface area contributed by atoms with Crippen LogP contribution in [0.15, 0.2) is 35.9 Å². The molecule has 1 aromatic carbocycles. The van der Waals surface area contributed by atoms with Crippen molar-refractivity contribution < 1.29 is 14.4 Å². The van der Waals surface area contributed by atoms with Crippen LogP contribution >= 0.6 is 0 Å². The quantitative estimate of drug-likeness (QED) is 0.626. The van der Waals surface area contributed by atoms with Crippen molar-refractivity contribution in [3.63, 3.8) is 0 Å². The molecule has 22 heavy (non-hydrogen) atoms. The molecule has 0 bridgehead atoms. The predicted octanol–water partition coefficient (Wildman–Crippen LogP) is 2.55. The normalized spacial score (nSPS) is 11.2. The number of hydrogen-bond donors (Lipinski definition) is 2. The van der Waals surface area contributed by atoms with Crippen molar-refractivity contribution >= 4 is 23.3 Å². The van der Waals surface area contributed by atoms with E-state index >= 15 is 0 Å². The van der Waals surface area contributed by atoms with Gasteiger partial charge in [-0.1, -0.05) is 13.8 Å². The van der Waals surface area contributed by atoms with Crippen molar-refractivity contribution in [2.24, 2.45) is 5.92 Å². The lowest BCUT2D eigenvalue weighted by molar-refractivity contribution is -0.117. The van der Waals surface area contributed by atoms with E-state index in [2.05, 4.69) is 10.6 Å². The van der Waals surface area contributed by atoms with Crippen molar-refractivity contribution in [1.82, 2.24) is 5.32 Å². The second-order valence-electron chi connectivity index (χ2n) is 5.55. The summed E-state index contributed by atoms with van der Waals surface area (Å²) in [4.78, 5) is 34.8. The van der Waals surface area contributed by atoms with Crippen LogP contribution in [0.1, 0.15) is 38.1 Å². The Balaban J connectivity index is 2.63. The van der Waals surface area contributed by atoms with Gasteiger partial charge in [-0.2, -0.15) is 0 Å². The number of benzene rings is 1. The van der Waals surface area contributed by atoms with E-state index in [0.29, 0.717) is 29.3 Å². The van der Waals surface area contributed by atoms with Gasteiger partial charge >= 0.3 is 0 Å². The minimum atomic E-state index is -0.352. The highest BCUT2D eigenvalue weighted by molar-refractivity contribution is 6.07. The van der Waals surface area contributed by atoms with Crippen LogP contribution in [0.4, 0.5) is 5.69 Å². The zero-order valence-corrected chi connectivity index (χ0v) is 13.4. The molecule has 0 saturated carbocycles. The molecular formula is C17H22N2O3. The van der Waals surface area contributed by atoms with Crippen LogP contribution in [-0.2, 0) is 9.59 Å². The summed E-state index contributed by atoms with van der Waals surface area (Å²) in [6.45, 7) is 7.61. The lowest BCUT2D eigenvalue weighted by Crippen LogP contribution is -2.26. The maximum atomic E-state index is 12.0. The molecular weight excluding hydrogens is 280 g/mol. The highest BCUT2D eigenvalue weighted by atomic mass is 16.2. The first kappa shape index (κ1) is 17.6. The first-order valence-electron chi connectivity index (χ1n) is 7.18. The molecule has 5 nitrogen and oxygen atoms in total. The van der Waals surface area contributed by atoms with Gasteiger partial charge in [-0.05, 0) is 44.0 Å². The predicted molar refractivity (Wildman–Crippen MR) is 86.7 cm³/mol. The average Bonchev–Trinajstić information content (AvgIpc) is 2.45. The highest BCUT2D eigenvalue weighted by Gasteiger charge is 2.08. The molecule has 0 spiro atoms. The van der Waals surface area contributed by atoms with Gasteiger partial charge in [0.15, 0.2) is 5.78 Å². The van der Waals surface area contributed by atoms with Crippen LogP contribution in [0.3, 0.4) is 0 Å². The fourth-order valence-electron chi connectivity index (χ4n) is 1.64. The Morgan fingerprint density at radius 3 is 2.18 bits per heavy atom. The van der Waals surface area contributed by atoms with Gasteiger partial charge < -0.3 is 10.6 Å². The molecule has 0 saturated heterocycles. The van der Waals surface area contributed by atoms with Gasteiger partial charge in [-0.3, -0.25) is 14.4 Å². The van der Waals surface area contributed by atoms with Gasteiger partial charge in [0, 0.05) is 29.4 Å². The van der Waals surface area contributed by atoms with E-state index in [1.807, 2.05) is 13.8 Å². The van der Waals surface area contributed by atoms with Crippen LogP contribution in [0, 0.1) is 5.92 Å². The summed E-state index contributed by atoms with van der Waals surface area (Å²) in [6.07, 6.45) is 1.28. The Labute approximate surface area is 130 Å². The zero-order valence-electron chi connectivity index (χ0n) is 13.4. The van der Waals surface area contributed by atoms with Gasteiger partial charge in [0.05, 0.1) is 0 Å². The lowest BCUT2D eigenvalue weighted by atomic mass is 10.1. The molecule has 1 rings (SSSR count). The Bertz CT molecular complexity index is 586. The summed E-state index contributed by atoms with van der Waals surface area (Å²) in [5.74, 6) is -0.314. The molecule has 1 aromatic rings. The van der Waals surface area contributed by atoms with E-state index in [4.69, 9.17) is 0 Å². The van der Waals surface area contributed by atoms with Crippen LogP contribution in [0.25, 0.3) is 0 Å². The summed E-state index contributed by atoms with van der Waals surface area (Å²) >= 11 is 0. The molecule has 0 aromatic heterocycles. The number of Topliss-reactive ketones (excluding diaryl/α,β-unsaturated/α-hetero) is 1. The van der Waals surface area contributed by atoms with Gasteiger partial charge in [0.25, 0.3) is 5.91 Å². The Hall–Kier alpha value is -2.43.